The Kier molecular flexibility index (Phi) is 4.73. The zero-order valence-electron chi connectivity index (χ0n) is 15.1. The first kappa shape index (κ1) is 17.4. The van der Waals surface area contributed by atoms with E-state index in [2.05, 4.69) is 16.4 Å². The Balaban J connectivity index is 1.70. The summed E-state index contributed by atoms with van der Waals surface area (Å²) in [5.74, 6) is -0.552. The summed E-state index contributed by atoms with van der Waals surface area (Å²) in [6, 6.07) is 9.36. The number of hydrogen-bond acceptors (Lipinski definition) is 4. The lowest BCUT2D eigenvalue weighted by Gasteiger charge is -2.23. The molecule has 0 aliphatic carbocycles. The molecule has 2 aliphatic heterocycles. The zero-order chi connectivity index (χ0) is 18.8. The summed E-state index contributed by atoms with van der Waals surface area (Å²) in [7, 11) is 0. The Morgan fingerprint density at radius 2 is 2.22 bits per heavy atom. The fraction of sp³-hybridized carbons (Fsp3) is 0.286. The second-order valence-corrected chi connectivity index (χ2v) is 6.83. The molecule has 6 nitrogen and oxygen atoms in total. The number of ether oxygens (including phenoxy) is 1. The van der Waals surface area contributed by atoms with E-state index in [1.54, 1.807) is 23.4 Å². The third-order valence-electron chi connectivity index (χ3n) is 4.94. The van der Waals surface area contributed by atoms with Crippen LogP contribution < -0.4 is 10.2 Å². The molecule has 0 saturated carbocycles. The van der Waals surface area contributed by atoms with E-state index < -0.39 is 0 Å². The molecule has 138 valence electrons. The predicted octanol–water partition coefficient (Wildman–Crippen LogP) is 3.12. The van der Waals surface area contributed by atoms with Gasteiger partial charge in [0.05, 0.1) is 36.7 Å². The van der Waals surface area contributed by atoms with Crippen LogP contribution >= 0.6 is 0 Å². The standard InChI is InChI=1S/C21H21N3O3/c1-14-13-24(19-12-22-8-5-18(19)23-20(14)25)21(26)17-4-2-3-16(11-17)15-6-9-27-10-7-15/h2-6,8,11-12,14H,7,9-10,13H2,1H3,(H,23,25). The molecule has 2 aromatic rings. The number of aromatic nitrogens is 1. The summed E-state index contributed by atoms with van der Waals surface area (Å²) in [4.78, 5) is 31.4. The summed E-state index contributed by atoms with van der Waals surface area (Å²) in [6.07, 6.45) is 6.12. The van der Waals surface area contributed by atoms with Gasteiger partial charge in [-0.1, -0.05) is 25.1 Å². The van der Waals surface area contributed by atoms with Crippen molar-refractivity contribution in [3.8, 4) is 0 Å². The van der Waals surface area contributed by atoms with Crippen LogP contribution in [0.25, 0.3) is 5.57 Å². The van der Waals surface area contributed by atoms with E-state index in [1.807, 2.05) is 31.2 Å². The van der Waals surface area contributed by atoms with Gasteiger partial charge in [0, 0.05) is 18.3 Å². The highest BCUT2D eigenvalue weighted by Crippen LogP contribution is 2.31. The Labute approximate surface area is 157 Å². The predicted molar refractivity (Wildman–Crippen MR) is 104 cm³/mol. The lowest BCUT2D eigenvalue weighted by atomic mass is 9.99. The lowest BCUT2D eigenvalue weighted by molar-refractivity contribution is -0.119. The molecule has 1 N–H and O–H groups in total. The molecule has 0 fully saturated rings. The van der Waals surface area contributed by atoms with Gasteiger partial charge in [-0.15, -0.1) is 0 Å². The van der Waals surface area contributed by atoms with Gasteiger partial charge < -0.3 is 15.0 Å². The van der Waals surface area contributed by atoms with Crippen molar-refractivity contribution in [2.45, 2.75) is 13.3 Å². The van der Waals surface area contributed by atoms with Crippen LogP contribution in [0, 0.1) is 5.92 Å². The van der Waals surface area contributed by atoms with Crippen LogP contribution in [-0.4, -0.2) is 36.6 Å². The Morgan fingerprint density at radius 3 is 3.04 bits per heavy atom. The number of amides is 2. The maximum absolute atomic E-state index is 13.3. The molecule has 0 bridgehead atoms. The van der Waals surface area contributed by atoms with Gasteiger partial charge in [0.2, 0.25) is 5.91 Å². The van der Waals surface area contributed by atoms with Crippen LogP contribution in [0.2, 0.25) is 0 Å². The summed E-state index contributed by atoms with van der Waals surface area (Å²) in [5.41, 5.74) is 4.05. The molecule has 6 heteroatoms. The fourth-order valence-corrected chi connectivity index (χ4v) is 3.41. The van der Waals surface area contributed by atoms with E-state index in [1.165, 1.54) is 5.57 Å². The third kappa shape index (κ3) is 3.48. The van der Waals surface area contributed by atoms with E-state index in [9.17, 15) is 9.59 Å². The first-order chi connectivity index (χ1) is 13.1. The second kappa shape index (κ2) is 7.32. The minimum absolute atomic E-state index is 0.0983. The maximum atomic E-state index is 13.3. The van der Waals surface area contributed by atoms with Crippen LogP contribution in [0.5, 0.6) is 0 Å². The van der Waals surface area contributed by atoms with E-state index in [-0.39, 0.29) is 17.7 Å². The first-order valence-corrected chi connectivity index (χ1v) is 9.07. The van der Waals surface area contributed by atoms with Crippen molar-refractivity contribution in [1.82, 2.24) is 4.98 Å². The van der Waals surface area contributed by atoms with Gasteiger partial charge in [-0.25, -0.2) is 0 Å². The molecule has 2 aliphatic rings. The van der Waals surface area contributed by atoms with Crippen molar-refractivity contribution in [3.63, 3.8) is 0 Å². The van der Waals surface area contributed by atoms with Crippen molar-refractivity contribution in [1.29, 1.82) is 0 Å². The minimum Gasteiger partial charge on any atom is -0.377 e. The number of carbonyl (C=O) groups excluding carboxylic acids is 2. The van der Waals surface area contributed by atoms with E-state index in [4.69, 9.17) is 4.74 Å². The van der Waals surface area contributed by atoms with Crippen LogP contribution in [0.4, 0.5) is 11.4 Å². The number of benzene rings is 1. The fourth-order valence-electron chi connectivity index (χ4n) is 3.41. The van der Waals surface area contributed by atoms with E-state index in [0.717, 1.165) is 12.0 Å². The van der Waals surface area contributed by atoms with Gasteiger partial charge in [-0.05, 0) is 35.8 Å². The molecule has 4 rings (SSSR count). The lowest BCUT2D eigenvalue weighted by Crippen LogP contribution is -2.36. The Hall–Kier alpha value is -2.99. The van der Waals surface area contributed by atoms with Crippen molar-refractivity contribution >= 4 is 28.8 Å². The van der Waals surface area contributed by atoms with Crippen molar-refractivity contribution in [2.75, 3.05) is 30.0 Å². The molecule has 0 saturated heterocycles. The third-order valence-corrected chi connectivity index (χ3v) is 4.94. The van der Waals surface area contributed by atoms with Crippen LogP contribution in [-0.2, 0) is 9.53 Å². The molecular weight excluding hydrogens is 342 g/mol. The summed E-state index contributed by atoms with van der Waals surface area (Å²) < 4.78 is 5.37. The molecule has 27 heavy (non-hydrogen) atoms. The van der Waals surface area contributed by atoms with Crippen molar-refractivity contribution in [2.24, 2.45) is 5.92 Å². The largest absolute Gasteiger partial charge is 0.377 e. The quantitative estimate of drug-likeness (QED) is 0.890. The van der Waals surface area contributed by atoms with Gasteiger partial charge >= 0.3 is 0 Å². The highest BCUT2D eigenvalue weighted by atomic mass is 16.5. The monoisotopic (exact) mass is 363 g/mol. The number of rotatable bonds is 2. The number of anilines is 2. The van der Waals surface area contributed by atoms with E-state index >= 15 is 0 Å². The number of hydrogen-bond donors (Lipinski definition) is 1. The molecule has 1 unspecified atom stereocenters. The van der Waals surface area contributed by atoms with E-state index in [0.29, 0.717) is 36.7 Å². The minimum atomic E-state index is -0.317. The van der Waals surface area contributed by atoms with Crippen LogP contribution in [0.1, 0.15) is 29.3 Å². The molecule has 0 spiro atoms. The van der Waals surface area contributed by atoms with Gasteiger partial charge in [-0.2, -0.15) is 0 Å². The molecule has 2 amide bonds. The topological polar surface area (TPSA) is 71.5 Å². The van der Waals surface area contributed by atoms with Gasteiger partial charge in [0.15, 0.2) is 0 Å². The van der Waals surface area contributed by atoms with Gasteiger partial charge in [0.1, 0.15) is 0 Å². The number of fused-ring (bicyclic) bond motifs is 1. The van der Waals surface area contributed by atoms with Crippen molar-refractivity contribution < 1.29 is 14.3 Å². The molecular formula is C21H21N3O3. The zero-order valence-corrected chi connectivity index (χ0v) is 15.1. The Morgan fingerprint density at radius 1 is 1.33 bits per heavy atom. The van der Waals surface area contributed by atoms with Crippen LogP contribution in [0.3, 0.4) is 0 Å². The highest BCUT2D eigenvalue weighted by Gasteiger charge is 2.29. The molecule has 0 radical (unpaired) electrons. The smallest absolute Gasteiger partial charge is 0.258 e. The average Bonchev–Trinajstić information content (AvgIpc) is 2.84. The normalized spacial score (nSPS) is 19.6. The maximum Gasteiger partial charge on any atom is 0.258 e. The molecule has 3 heterocycles. The molecule has 1 atom stereocenters. The number of nitrogens with zero attached hydrogens (tertiary/aromatic N) is 2. The average molecular weight is 363 g/mol. The Bertz CT molecular complexity index is 922. The molecule has 1 aromatic heterocycles. The number of carbonyl (C=O) groups is 2. The number of nitrogens with one attached hydrogen (secondary N) is 1. The first-order valence-electron chi connectivity index (χ1n) is 9.07. The SMILES string of the molecule is CC1CN(C(=O)c2cccc(C3=CCOCC3)c2)c2cnccc2NC1=O. The number of pyridine rings is 1. The summed E-state index contributed by atoms with van der Waals surface area (Å²) >= 11 is 0. The summed E-state index contributed by atoms with van der Waals surface area (Å²) in [6.45, 7) is 3.42. The summed E-state index contributed by atoms with van der Waals surface area (Å²) in [5, 5.41) is 2.88. The van der Waals surface area contributed by atoms with Gasteiger partial charge in [0.25, 0.3) is 5.91 Å². The van der Waals surface area contributed by atoms with Crippen molar-refractivity contribution in [3.05, 3.63) is 59.9 Å². The van der Waals surface area contributed by atoms with Crippen LogP contribution in [0.15, 0.2) is 48.8 Å². The molecule has 1 aromatic carbocycles. The van der Waals surface area contributed by atoms with Gasteiger partial charge in [-0.3, -0.25) is 14.6 Å². The second-order valence-electron chi connectivity index (χ2n) is 6.83. The highest BCUT2D eigenvalue weighted by molar-refractivity contribution is 6.11.